The first kappa shape index (κ1) is 10.7. The van der Waals surface area contributed by atoms with Crippen molar-refractivity contribution in [1.29, 1.82) is 0 Å². The van der Waals surface area contributed by atoms with Crippen molar-refractivity contribution in [2.75, 3.05) is 6.61 Å². The number of hydrogen-bond acceptors (Lipinski definition) is 4. The van der Waals surface area contributed by atoms with E-state index in [4.69, 9.17) is 17.0 Å². The predicted octanol–water partition coefficient (Wildman–Crippen LogP) is 1.93. The Labute approximate surface area is 104 Å². The Morgan fingerprint density at radius 1 is 1.69 bits per heavy atom. The van der Waals surface area contributed by atoms with Crippen molar-refractivity contribution in [1.82, 2.24) is 4.90 Å². The van der Waals surface area contributed by atoms with Gasteiger partial charge in [-0.3, -0.25) is 4.79 Å². The van der Waals surface area contributed by atoms with Gasteiger partial charge in [-0.25, -0.2) is 0 Å². The molecule has 3 heterocycles. The van der Waals surface area contributed by atoms with Crippen LogP contribution in [-0.4, -0.2) is 33.8 Å². The maximum absolute atomic E-state index is 11.8. The number of amides is 1. The lowest BCUT2D eigenvalue weighted by molar-refractivity contribution is -0.141. The second-order valence-corrected chi connectivity index (χ2v) is 6.21. The van der Waals surface area contributed by atoms with Crippen LogP contribution in [0.4, 0.5) is 0 Å². The molecule has 3 nitrogen and oxygen atoms in total. The molecule has 86 valence electrons. The molecule has 3 rings (SSSR count). The lowest BCUT2D eigenvalue weighted by atomic mass is 9.96. The molecule has 0 radical (unpaired) electrons. The van der Waals surface area contributed by atoms with Crippen LogP contribution in [0.2, 0.25) is 0 Å². The van der Waals surface area contributed by atoms with Gasteiger partial charge >= 0.3 is 0 Å². The van der Waals surface area contributed by atoms with Gasteiger partial charge in [0.1, 0.15) is 11.3 Å². The van der Waals surface area contributed by atoms with E-state index in [-0.39, 0.29) is 23.3 Å². The number of β-lactam (4-membered cyclic amide) rings is 1. The molecule has 3 atom stereocenters. The van der Waals surface area contributed by atoms with Crippen LogP contribution in [0.1, 0.15) is 19.8 Å². The van der Waals surface area contributed by atoms with Gasteiger partial charge in [0.05, 0.1) is 6.10 Å². The highest BCUT2D eigenvalue weighted by Gasteiger charge is 2.52. The average Bonchev–Trinajstić information content (AvgIpc) is 2.82. The smallest absolute Gasteiger partial charge is 0.238 e. The molecule has 2 unspecified atom stereocenters. The Hall–Kier alpha value is -0.390. The normalized spacial score (nSPS) is 37.1. The SMILES string of the molecule is CC(=S)C1C(=O)N2C=C([C@H]3CCCO3)SC12. The Morgan fingerprint density at radius 2 is 2.50 bits per heavy atom. The minimum absolute atomic E-state index is 0.0600. The van der Waals surface area contributed by atoms with Crippen LogP contribution in [0, 0.1) is 5.92 Å². The fraction of sp³-hybridized carbons (Fsp3) is 0.636. The summed E-state index contributed by atoms with van der Waals surface area (Å²) < 4.78 is 5.63. The zero-order valence-electron chi connectivity index (χ0n) is 9.01. The van der Waals surface area contributed by atoms with Crippen molar-refractivity contribution in [3.8, 4) is 0 Å². The molecule has 0 spiro atoms. The van der Waals surface area contributed by atoms with Gasteiger partial charge in [0.25, 0.3) is 0 Å². The standard InChI is InChI=1S/C11H13NO2S2/c1-6(15)9-10(13)12-5-8(16-11(9)12)7-3-2-4-14-7/h5,7,9,11H,2-4H2,1H3/t7-,9?,11?/m1/s1. The summed E-state index contributed by atoms with van der Waals surface area (Å²) in [5.41, 5.74) is 0. The number of hydrogen-bond donors (Lipinski definition) is 0. The minimum atomic E-state index is -0.0600. The zero-order chi connectivity index (χ0) is 11.3. The number of thioether (sulfide) groups is 1. The summed E-state index contributed by atoms with van der Waals surface area (Å²) >= 11 is 6.88. The van der Waals surface area contributed by atoms with Crippen molar-refractivity contribution in [2.24, 2.45) is 5.92 Å². The number of fused-ring (bicyclic) bond motifs is 1. The number of rotatable bonds is 2. The van der Waals surface area contributed by atoms with Crippen molar-refractivity contribution < 1.29 is 9.53 Å². The third-order valence-electron chi connectivity index (χ3n) is 3.29. The summed E-state index contributed by atoms with van der Waals surface area (Å²) in [6.07, 6.45) is 4.38. The zero-order valence-corrected chi connectivity index (χ0v) is 10.6. The maximum atomic E-state index is 11.8. The van der Waals surface area contributed by atoms with Gasteiger partial charge in [-0.2, -0.15) is 0 Å². The molecule has 3 aliphatic heterocycles. The quantitative estimate of drug-likeness (QED) is 0.557. The summed E-state index contributed by atoms with van der Waals surface area (Å²) in [4.78, 5) is 15.6. The van der Waals surface area contributed by atoms with E-state index in [9.17, 15) is 4.79 Å². The molecule has 0 aromatic rings. The second-order valence-electron chi connectivity index (χ2n) is 4.38. The minimum Gasteiger partial charge on any atom is -0.373 e. The molecule has 16 heavy (non-hydrogen) atoms. The first-order valence-corrected chi connectivity index (χ1v) is 6.80. The van der Waals surface area contributed by atoms with Gasteiger partial charge in [0.2, 0.25) is 5.91 Å². The predicted molar refractivity (Wildman–Crippen MR) is 67.0 cm³/mol. The highest BCUT2D eigenvalue weighted by Crippen LogP contribution is 2.48. The monoisotopic (exact) mass is 255 g/mol. The molecule has 0 saturated carbocycles. The number of carbonyl (C=O) groups excluding carboxylic acids is 1. The molecular formula is C11H13NO2S2. The lowest BCUT2D eigenvalue weighted by Gasteiger charge is -2.40. The summed E-state index contributed by atoms with van der Waals surface area (Å²) in [5.74, 6) is 0.0909. The van der Waals surface area contributed by atoms with Gasteiger partial charge in [-0.1, -0.05) is 24.0 Å². The van der Waals surface area contributed by atoms with Crippen LogP contribution in [0.3, 0.4) is 0 Å². The van der Waals surface area contributed by atoms with E-state index in [1.54, 1.807) is 11.8 Å². The molecule has 5 heteroatoms. The largest absolute Gasteiger partial charge is 0.373 e. The third-order valence-corrected chi connectivity index (χ3v) is 4.92. The number of ether oxygens (including phenoxy) is 1. The average molecular weight is 255 g/mol. The molecule has 2 saturated heterocycles. The lowest BCUT2D eigenvalue weighted by Crippen LogP contribution is -2.56. The first-order valence-electron chi connectivity index (χ1n) is 5.51. The van der Waals surface area contributed by atoms with E-state index in [2.05, 4.69) is 0 Å². The van der Waals surface area contributed by atoms with Crippen molar-refractivity contribution in [2.45, 2.75) is 31.2 Å². The molecule has 2 fully saturated rings. The number of thiocarbonyl (C=S) groups is 1. The van der Waals surface area contributed by atoms with E-state index < -0.39 is 0 Å². The van der Waals surface area contributed by atoms with Gasteiger partial charge < -0.3 is 9.64 Å². The third kappa shape index (κ3) is 1.45. The van der Waals surface area contributed by atoms with E-state index in [0.29, 0.717) is 0 Å². The van der Waals surface area contributed by atoms with Crippen LogP contribution in [-0.2, 0) is 9.53 Å². The topological polar surface area (TPSA) is 29.5 Å². The molecule has 0 aromatic heterocycles. The van der Waals surface area contributed by atoms with Crippen molar-refractivity contribution in [3.63, 3.8) is 0 Å². The molecule has 0 aromatic carbocycles. The Balaban J connectivity index is 1.74. The van der Waals surface area contributed by atoms with Crippen LogP contribution >= 0.6 is 24.0 Å². The van der Waals surface area contributed by atoms with Crippen LogP contribution in [0.15, 0.2) is 11.1 Å². The molecule has 3 aliphatic rings. The van der Waals surface area contributed by atoms with Crippen LogP contribution in [0.5, 0.6) is 0 Å². The van der Waals surface area contributed by atoms with Gasteiger partial charge in [0, 0.05) is 22.6 Å². The second kappa shape index (κ2) is 3.82. The van der Waals surface area contributed by atoms with Gasteiger partial charge in [0.15, 0.2) is 0 Å². The van der Waals surface area contributed by atoms with E-state index in [0.717, 1.165) is 24.3 Å². The summed E-state index contributed by atoms with van der Waals surface area (Å²) in [5, 5.41) is 0.212. The fourth-order valence-corrected chi connectivity index (χ4v) is 4.23. The molecular weight excluding hydrogens is 242 g/mol. The summed E-state index contributed by atoms with van der Waals surface area (Å²) in [7, 11) is 0. The highest BCUT2D eigenvalue weighted by atomic mass is 32.2. The molecule has 0 N–H and O–H groups in total. The fourth-order valence-electron chi connectivity index (χ4n) is 2.39. The summed E-state index contributed by atoms with van der Waals surface area (Å²) in [6, 6.07) is 0. The van der Waals surface area contributed by atoms with E-state index >= 15 is 0 Å². The van der Waals surface area contributed by atoms with Gasteiger partial charge in [-0.05, 0) is 19.8 Å². The Bertz CT molecular complexity index is 387. The van der Waals surface area contributed by atoms with Crippen molar-refractivity contribution >= 4 is 34.8 Å². The maximum Gasteiger partial charge on any atom is 0.238 e. The van der Waals surface area contributed by atoms with E-state index in [1.165, 1.54) is 4.91 Å². The molecule has 0 aliphatic carbocycles. The van der Waals surface area contributed by atoms with Crippen LogP contribution in [0.25, 0.3) is 0 Å². The Morgan fingerprint density at radius 3 is 3.12 bits per heavy atom. The number of nitrogens with zero attached hydrogens (tertiary/aromatic N) is 1. The molecule has 0 bridgehead atoms. The summed E-state index contributed by atoms with van der Waals surface area (Å²) in [6.45, 7) is 2.71. The van der Waals surface area contributed by atoms with Crippen molar-refractivity contribution in [3.05, 3.63) is 11.1 Å². The molecule has 1 amide bonds. The van der Waals surface area contributed by atoms with Gasteiger partial charge in [-0.15, -0.1) is 0 Å². The van der Waals surface area contributed by atoms with E-state index in [1.807, 2.05) is 18.0 Å². The highest BCUT2D eigenvalue weighted by molar-refractivity contribution is 8.04. The first-order chi connectivity index (χ1) is 7.68. The Kier molecular flexibility index (Phi) is 2.57. The van der Waals surface area contributed by atoms with Crippen LogP contribution < -0.4 is 0 Å². The number of carbonyl (C=O) groups is 1.